The van der Waals surface area contributed by atoms with Gasteiger partial charge in [-0.3, -0.25) is 14.4 Å². The Morgan fingerprint density at radius 1 is 0.968 bits per heavy atom. The zero-order valence-corrected chi connectivity index (χ0v) is 17.5. The number of amides is 2. The second-order valence-electron chi connectivity index (χ2n) is 6.89. The standard InChI is InChI=1S/C23H25N3O5/c1-30-18-8-7-17(20(13-18)31-2)14-25-21(27)9-11-24-22(28)15-26-12-10-16-5-3-4-6-19(16)23(26)29/h3-8,10,12-13H,9,11,14-15H2,1-2H3,(H,24,28)(H,25,27). The number of hydrogen-bond donors (Lipinski definition) is 2. The maximum Gasteiger partial charge on any atom is 0.258 e. The van der Waals surface area contributed by atoms with Crippen LogP contribution in [0.15, 0.2) is 59.5 Å². The summed E-state index contributed by atoms with van der Waals surface area (Å²) in [6.07, 6.45) is 1.72. The van der Waals surface area contributed by atoms with Gasteiger partial charge in [0.2, 0.25) is 11.8 Å². The number of rotatable bonds is 9. The maximum atomic E-state index is 12.5. The van der Waals surface area contributed by atoms with Gasteiger partial charge in [-0.2, -0.15) is 0 Å². The van der Waals surface area contributed by atoms with Crippen LogP contribution in [0, 0.1) is 0 Å². The van der Waals surface area contributed by atoms with Gasteiger partial charge in [0, 0.05) is 42.7 Å². The van der Waals surface area contributed by atoms with Crippen molar-refractivity contribution >= 4 is 22.6 Å². The summed E-state index contributed by atoms with van der Waals surface area (Å²) in [7, 11) is 3.12. The highest BCUT2D eigenvalue weighted by atomic mass is 16.5. The van der Waals surface area contributed by atoms with Gasteiger partial charge in [0.1, 0.15) is 18.0 Å². The number of ether oxygens (including phenoxy) is 2. The number of benzene rings is 2. The number of carbonyl (C=O) groups excluding carboxylic acids is 2. The smallest absolute Gasteiger partial charge is 0.258 e. The number of hydrogen-bond acceptors (Lipinski definition) is 5. The number of fused-ring (bicyclic) bond motifs is 1. The van der Waals surface area contributed by atoms with Crippen molar-refractivity contribution in [3.63, 3.8) is 0 Å². The summed E-state index contributed by atoms with van der Waals surface area (Å²) in [4.78, 5) is 36.7. The third kappa shape index (κ3) is 5.63. The molecule has 0 saturated carbocycles. The predicted octanol–water partition coefficient (Wildman–Crippen LogP) is 1.84. The lowest BCUT2D eigenvalue weighted by Gasteiger charge is -2.12. The number of nitrogens with one attached hydrogen (secondary N) is 2. The van der Waals surface area contributed by atoms with Gasteiger partial charge < -0.3 is 24.7 Å². The molecule has 8 nitrogen and oxygen atoms in total. The van der Waals surface area contributed by atoms with Crippen molar-refractivity contribution in [2.75, 3.05) is 20.8 Å². The molecule has 162 valence electrons. The predicted molar refractivity (Wildman–Crippen MR) is 117 cm³/mol. The Morgan fingerprint density at radius 3 is 2.55 bits per heavy atom. The van der Waals surface area contributed by atoms with E-state index in [4.69, 9.17) is 9.47 Å². The summed E-state index contributed by atoms with van der Waals surface area (Å²) >= 11 is 0. The van der Waals surface area contributed by atoms with Crippen molar-refractivity contribution in [2.24, 2.45) is 0 Å². The lowest BCUT2D eigenvalue weighted by molar-refractivity contribution is -0.122. The molecule has 3 aromatic rings. The quantitative estimate of drug-likeness (QED) is 0.547. The number of pyridine rings is 1. The van der Waals surface area contributed by atoms with Crippen LogP contribution in [0.2, 0.25) is 0 Å². The second-order valence-corrected chi connectivity index (χ2v) is 6.89. The average molecular weight is 423 g/mol. The van der Waals surface area contributed by atoms with Crippen LogP contribution in [0.3, 0.4) is 0 Å². The molecule has 0 radical (unpaired) electrons. The minimum absolute atomic E-state index is 0.103. The van der Waals surface area contributed by atoms with Crippen molar-refractivity contribution in [3.05, 3.63) is 70.6 Å². The van der Waals surface area contributed by atoms with Gasteiger partial charge in [-0.25, -0.2) is 0 Å². The second kappa shape index (κ2) is 10.3. The molecular weight excluding hydrogens is 398 g/mol. The molecule has 0 aliphatic rings. The lowest BCUT2D eigenvalue weighted by atomic mass is 10.2. The molecular formula is C23H25N3O5. The first-order valence-electron chi connectivity index (χ1n) is 9.84. The molecule has 0 bridgehead atoms. The van der Waals surface area contributed by atoms with E-state index in [1.54, 1.807) is 50.7 Å². The van der Waals surface area contributed by atoms with E-state index < -0.39 is 0 Å². The van der Waals surface area contributed by atoms with Crippen molar-refractivity contribution in [3.8, 4) is 11.5 Å². The average Bonchev–Trinajstić information content (AvgIpc) is 2.79. The number of carbonyl (C=O) groups is 2. The maximum absolute atomic E-state index is 12.5. The minimum Gasteiger partial charge on any atom is -0.497 e. The zero-order chi connectivity index (χ0) is 22.2. The largest absolute Gasteiger partial charge is 0.497 e. The topological polar surface area (TPSA) is 98.7 Å². The van der Waals surface area contributed by atoms with Crippen molar-refractivity contribution in [1.29, 1.82) is 0 Å². The molecule has 8 heteroatoms. The van der Waals surface area contributed by atoms with Crippen LogP contribution in [-0.4, -0.2) is 37.1 Å². The fraction of sp³-hybridized carbons (Fsp3) is 0.261. The molecule has 0 unspecified atom stereocenters. The van der Waals surface area contributed by atoms with Crippen LogP contribution in [0.25, 0.3) is 10.8 Å². The van der Waals surface area contributed by atoms with Crippen LogP contribution in [0.4, 0.5) is 0 Å². The SMILES string of the molecule is COc1ccc(CNC(=O)CCNC(=O)Cn2ccc3ccccc3c2=O)c(OC)c1. The highest BCUT2D eigenvalue weighted by Crippen LogP contribution is 2.24. The van der Waals surface area contributed by atoms with Crippen molar-refractivity contribution in [2.45, 2.75) is 19.5 Å². The first kappa shape index (κ1) is 21.9. The molecule has 31 heavy (non-hydrogen) atoms. The molecule has 1 heterocycles. The van der Waals surface area contributed by atoms with E-state index in [0.717, 1.165) is 10.9 Å². The summed E-state index contributed by atoms with van der Waals surface area (Å²) in [6, 6.07) is 14.4. The van der Waals surface area contributed by atoms with Crippen LogP contribution in [0.1, 0.15) is 12.0 Å². The molecule has 0 atom stereocenters. The summed E-state index contributed by atoms with van der Waals surface area (Å²) < 4.78 is 11.8. The van der Waals surface area contributed by atoms with E-state index in [-0.39, 0.29) is 36.9 Å². The summed E-state index contributed by atoms with van der Waals surface area (Å²) in [5.41, 5.74) is 0.593. The van der Waals surface area contributed by atoms with Crippen LogP contribution < -0.4 is 25.7 Å². The van der Waals surface area contributed by atoms with Gasteiger partial charge >= 0.3 is 0 Å². The van der Waals surface area contributed by atoms with Gasteiger partial charge in [0.25, 0.3) is 5.56 Å². The molecule has 1 aromatic heterocycles. The first-order valence-corrected chi connectivity index (χ1v) is 9.84. The molecule has 2 amide bonds. The van der Waals surface area contributed by atoms with Gasteiger partial charge in [-0.15, -0.1) is 0 Å². The molecule has 0 spiro atoms. The molecule has 3 rings (SSSR count). The highest BCUT2D eigenvalue weighted by molar-refractivity contribution is 5.82. The van der Waals surface area contributed by atoms with Crippen LogP contribution in [-0.2, 0) is 22.7 Å². The molecule has 0 saturated heterocycles. The summed E-state index contributed by atoms with van der Waals surface area (Å²) in [5, 5.41) is 6.86. The molecule has 2 aromatic carbocycles. The van der Waals surface area contributed by atoms with Gasteiger partial charge in [-0.05, 0) is 29.7 Å². The van der Waals surface area contributed by atoms with Crippen LogP contribution in [0.5, 0.6) is 11.5 Å². The Bertz CT molecular complexity index is 1140. The third-order valence-electron chi connectivity index (χ3n) is 4.84. The molecule has 0 aliphatic heterocycles. The zero-order valence-electron chi connectivity index (χ0n) is 17.5. The van der Waals surface area contributed by atoms with Gasteiger partial charge in [0.05, 0.1) is 14.2 Å². The van der Waals surface area contributed by atoms with Crippen molar-refractivity contribution in [1.82, 2.24) is 15.2 Å². The van der Waals surface area contributed by atoms with E-state index in [2.05, 4.69) is 10.6 Å². The van der Waals surface area contributed by atoms with E-state index in [1.807, 2.05) is 18.2 Å². The normalized spacial score (nSPS) is 10.5. The monoisotopic (exact) mass is 423 g/mol. The number of methoxy groups -OCH3 is 2. The van der Waals surface area contributed by atoms with Crippen LogP contribution >= 0.6 is 0 Å². The first-order chi connectivity index (χ1) is 15.0. The van der Waals surface area contributed by atoms with E-state index in [1.165, 1.54) is 4.57 Å². The van der Waals surface area contributed by atoms with Crippen molar-refractivity contribution < 1.29 is 19.1 Å². The Kier molecular flexibility index (Phi) is 7.26. The van der Waals surface area contributed by atoms with E-state index >= 15 is 0 Å². The fourth-order valence-corrected chi connectivity index (χ4v) is 3.16. The summed E-state index contributed by atoms with van der Waals surface area (Å²) in [6.45, 7) is 0.369. The Morgan fingerprint density at radius 2 is 1.77 bits per heavy atom. The summed E-state index contributed by atoms with van der Waals surface area (Å²) in [5.74, 6) is 0.747. The Hall–Kier alpha value is -3.81. The number of aromatic nitrogens is 1. The third-order valence-corrected chi connectivity index (χ3v) is 4.84. The van der Waals surface area contributed by atoms with E-state index in [0.29, 0.717) is 23.4 Å². The Balaban J connectivity index is 1.46. The minimum atomic E-state index is -0.331. The van der Waals surface area contributed by atoms with Gasteiger partial charge in [0.15, 0.2) is 0 Å². The fourth-order valence-electron chi connectivity index (χ4n) is 3.16. The Labute approximate surface area is 179 Å². The van der Waals surface area contributed by atoms with E-state index in [9.17, 15) is 14.4 Å². The number of nitrogens with zero attached hydrogens (tertiary/aromatic N) is 1. The molecule has 2 N–H and O–H groups in total. The molecule has 0 fully saturated rings. The molecule has 0 aliphatic carbocycles. The lowest BCUT2D eigenvalue weighted by Crippen LogP contribution is -2.34. The van der Waals surface area contributed by atoms with Gasteiger partial charge in [-0.1, -0.05) is 18.2 Å². The highest BCUT2D eigenvalue weighted by Gasteiger charge is 2.10.